The molecule has 0 fully saturated rings. The standard InChI is InChI=1S/C21H17NO/c1-16(22-21(23)19-9-3-2-4-10-19)14-15-18-12-7-11-17-8-5-6-13-20(17)18/h2-13,16H,1H3,(H,22,23)/t16-/m1/s1. The van der Waals surface area contributed by atoms with Crippen LogP contribution < -0.4 is 5.32 Å². The van der Waals surface area contributed by atoms with Gasteiger partial charge < -0.3 is 5.32 Å². The Morgan fingerprint density at radius 2 is 1.61 bits per heavy atom. The number of hydrogen-bond donors (Lipinski definition) is 1. The first-order chi connectivity index (χ1) is 11.2. The molecule has 0 spiro atoms. The molecule has 0 aliphatic rings. The minimum atomic E-state index is -0.221. The van der Waals surface area contributed by atoms with Gasteiger partial charge in [0.1, 0.15) is 0 Å². The number of amides is 1. The predicted molar refractivity (Wildman–Crippen MR) is 94.2 cm³/mol. The Morgan fingerprint density at radius 1 is 0.913 bits per heavy atom. The second-order valence-corrected chi connectivity index (χ2v) is 5.36. The summed E-state index contributed by atoms with van der Waals surface area (Å²) in [7, 11) is 0. The molecule has 1 amide bonds. The zero-order valence-electron chi connectivity index (χ0n) is 12.9. The topological polar surface area (TPSA) is 29.1 Å². The highest BCUT2D eigenvalue weighted by molar-refractivity contribution is 5.94. The highest BCUT2D eigenvalue weighted by Gasteiger charge is 2.06. The first-order valence-corrected chi connectivity index (χ1v) is 7.59. The number of nitrogens with one attached hydrogen (secondary N) is 1. The maximum atomic E-state index is 12.1. The molecule has 2 nitrogen and oxygen atoms in total. The number of carbonyl (C=O) groups excluding carboxylic acids is 1. The normalized spacial score (nSPS) is 11.3. The van der Waals surface area contributed by atoms with Crippen molar-refractivity contribution < 1.29 is 4.79 Å². The summed E-state index contributed by atoms with van der Waals surface area (Å²) in [6, 6.07) is 23.2. The lowest BCUT2D eigenvalue weighted by molar-refractivity contribution is 0.0948. The maximum Gasteiger partial charge on any atom is 0.252 e. The van der Waals surface area contributed by atoms with Crippen molar-refractivity contribution in [3.63, 3.8) is 0 Å². The summed E-state index contributed by atoms with van der Waals surface area (Å²) in [5, 5.41) is 5.20. The van der Waals surface area contributed by atoms with Crippen molar-refractivity contribution in [1.29, 1.82) is 0 Å². The van der Waals surface area contributed by atoms with Crippen molar-refractivity contribution in [2.75, 3.05) is 0 Å². The third-order valence-electron chi connectivity index (χ3n) is 3.60. The smallest absolute Gasteiger partial charge is 0.252 e. The minimum absolute atomic E-state index is 0.106. The number of rotatable bonds is 2. The largest absolute Gasteiger partial charge is 0.339 e. The Balaban J connectivity index is 1.77. The van der Waals surface area contributed by atoms with Crippen LogP contribution in [-0.4, -0.2) is 11.9 Å². The average Bonchev–Trinajstić information content (AvgIpc) is 2.60. The first kappa shape index (κ1) is 14.9. The van der Waals surface area contributed by atoms with E-state index in [9.17, 15) is 4.79 Å². The third kappa shape index (κ3) is 3.59. The average molecular weight is 299 g/mol. The maximum absolute atomic E-state index is 12.1. The van der Waals surface area contributed by atoms with Crippen LogP contribution in [0.3, 0.4) is 0 Å². The molecule has 112 valence electrons. The molecule has 3 rings (SSSR count). The number of carbonyl (C=O) groups is 1. The van der Waals surface area contributed by atoms with Crippen LogP contribution in [-0.2, 0) is 0 Å². The molecular formula is C21H17NO. The van der Waals surface area contributed by atoms with E-state index >= 15 is 0 Å². The molecule has 0 unspecified atom stereocenters. The first-order valence-electron chi connectivity index (χ1n) is 7.59. The van der Waals surface area contributed by atoms with Crippen LogP contribution in [0.2, 0.25) is 0 Å². The van der Waals surface area contributed by atoms with E-state index < -0.39 is 0 Å². The molecule has 0 aliphatic heterocycles. The molecule has 3 aromatic carbocycles. The molecule has 0 bridgehead atoms. The van der Waals surface area contributed by atoms with E-state index in [1.165, 1.54) is 5.39 Å². The lowest BCUT2D eigenvalue weighted by atomic mass is 10.0. The number of fused-ring (bicyclic) bond motifs is 1. The molecule has 3 aromatic rings. The SMILES string of the molecule is C[C@H](C#Cc1cccc2ccccc12)NC(=O)c1ccccc1. The third-order valence-corrected chi connectivity index (χ3v) is 3.60. The predicted octanol–water partition coefficient (Wildman–Crippen LogP) is 4.01. The fourth-order valence-electron chi connectivity index (χ4n) is 2.43. The second kappa shape index (κ2) is 6.81. The van der Waals surface area contributed by atoms with Crippen LogP contribution in [0.15, 0.2) is 72.8 Å². The Kier molecular flexibility index (Phi) is 4.40. The van der Waals surface area contributed by atoms with Crippen molar-refractivity contribution in [1.82, 2.24) is 5.32 Å². The lowest BCUT2D eigenvalue weighted by Crippen LogP contribution is -2.31. The van der Waals surface area contributed by atoms with E-state index in [4.69, 9.17) is 0 Å². The van der Waals surface area contributed by atoms with Gasteiger partial charge in [-0.25, -0.2) is 0 Å². The van der Waals surface area contributed by atoms with Crippen LogP contribution in [0.1, 0.15) is 22.8 Å². The molecule has 0 radical (unpaired) electrons. The van der Waals surface area contributed by atoms with E-state index in [0.29, 0.717) is 5.56 Å². The molecule has 0 aliphatic carbocycles. The van der Waals surface area contributed by atoms with Gasteiger partial charge >= 0.3 is 0 Å². The minimum Gasteiger partial charge on any atom is -0.339 e. The van der Waals surface area contributed by atoms with Gasteiger partial charge in [0.25, 0.3) is 5.91 Å². The van der Waals surface area contributed by atoms with Gasteiger partial charge in [-0.15, -0.1) is 0 Å². The van der Waals surface area contributed by atoms with Crippen molar-refractivity contribution in [3.05, 3.63) is 83.9 Å². The molecule has 0 saturated carbocycles. The Morgan fingerprint density at radius 3 is 2.43 bits per heavy atom. The molecule has 23 heavy (non-hydrogen) atoms. The monoisotopic (exact) mass is 299 g/mol. The van der Waals surface area contributed by atoms with Crippen molar-refractivity contribution in [2.24, 2.45) is 0 Å². The summed E-state index contributed by atoms with van der Waals surface area (Å²) in [5.74, 6) is 6.18. The summed E-state index contributed by atoms with van der Waals surface area (Å²) in [5.41, 5.74) is 1.62. The van der Waals surface area contributed by atoms with Gasteiger partial charge in [0.05, 0.1) is 6.04 Å². The van der Waals surface area contributed by atoms with Crippen LogP contribution in [0.4, 0.5) is 0 Å². The fourth-order valence-corrected chi connectivity index (χ4v) is 2.43. The van der Waals surface area contributed by atoms with Crippen molar-refractivity contribution in [2.45, 2.75) is 13.0 Å². The fraction of sp³-hybridized carbons (Fsp3) is 0.0952. The Labute approximate surface area is 136 Å². The summed E-state index contributed by atoms with van der Waals surface area (Å²) in [6.45, 7) is 1.89. The highest BCUT2D eigenvalue weighted by atomic mass is 16.1. The van der Waals surface area contributed by atoms with Gasteiger partial charge in [0.15, 0.2) is 0 Å². The number of hydrogen-bond acceptors (Lipinski definition) is 1. The molecule has 2 heteroatoms. The summed E-state index contributed by atoms with van der Waals surface area (Å²) in [4.78, 5) is 12.1. The highest BCUT2D eigenvalue weighted by Crippen LogP contribution is 2.17. The van der Waals surface area contributed by atoms with Crippen LogP contribution in [0.5, 0.6) is 0 Å². The van der Waals surface area contributed by atoms with E-state index in [-0.39, 0.29) is 11.9 Å². The molecule has 0 aromatic heterocycles. The molecule has 0 saturated heterocycles. The molecule has 1 N–H and O–H groups in total. The van der Waals surface area contributed by atoms with E-state index in [1.807, 2.05) is 49.4 Å². The molecule has 1 atom stereocenters. The zero-order valence-corrected chi connectivity index (χ0v) is 12.9. The van der Waals surface area contributed by atoms with Crippen LogP contribution in [0, 0.1) is 11.8 Å². The summed E-state index contributed by atoms with van der Waals surface area (Å²) in [6.07, 6.45) is 0. The van der Waals surface area contributed by atoms with Gasteiger partial charge in [-0.3, -0.25) is 4.79 Å². The van der Waals surface area contributed by atoms with E-state index in [2.05, 4.69) is 35.4 Å². The van der Waals surface area contributed by atoms with E-state index in [0.717, 1.165) is 10.9 Å². The second-order valence-electron chi connectivity index (χ2n) is 5.36. The quantitative estimate of drug-likeness (QED) is 0.712. The Hall–Kier alpha value is -3.05. The summed E-state index contributed by atoms with van der Waals surface area (Å²) < 4.78 is 0. The van der Waals surface area contributed by atoms with Gasteiger partial charge in [0, 0.05) is 11.1 Å². The number of benzene rings is 3. The molecular weight excluding hydrogens is 282 g/mol. The molecule has 0 heterocycles. The lowest BCUT2D eigenvalue weighted by Gasteiger charge is -2.07. The van der Waals surface area contributed by atoms with Gasteiger partial charge in [0.2, 0.25) is 0 Å². The van der Waals surface area contributed by atoms with E-state index in [1.54, 1.807) is 12.1 Å². The van der Waals surface area contributed by atoms with Gasteiger partial charge in [-0.1, -0.05) is 66.4 Å². The summed E-state index contributed by atoms with van der Waals surface area (Å²) >= 11 is 0. The van der Waals surface area contributed by atoms with Crippen molar-refractivity contribution >= 4 is 16.7 Å². The van der Waals surface area contributed by atoms with Gasteiger partial charge in [-0.05, 0) is 35.9 Å². The van der Waals surface area contributed by atoms with Crippen molar-refractivity contribution in [3.8, 4) is 11.8 Å². The van der Waals surface area contributed by atoms with Gasteiger partial charge in [-0.2, -0.15) is 0 Å². The zero-order chi connectivity index (χ0) is 16.1. The van der Waals surface area contributed by atoms with Crippen LogP contribution in [0.25, 0.3) is 10.8 Å². The van der Waals surface area contributed by atoms with Crippen LogP contribution >= 0.6 is 0 Å². The Bertz CT molecular complexity index is 882.